The van der Waals surface area contributed by atoms with Gasteiger partial charge in [-0.1, -0.05) is 81.8 Å². The molecule has 0 saturated carbocycles. The third-order valence-corrected chi connectivity index (χ3v) is 8.59. The van der Waals surface area contributed by atoms with Gasteiger partial charge >= 0.3 is 11.9 Å². The lowest BCUT2D eigenvalue weighted by Gasteiger charge is -2.12. The molecule has 52 heavy (non-hydrogen) atoms. The first-order chi connectivity index (χ1) is 25.2. The molecule has 7 aromatic rings. The number of carbonyl (C=O) groups is 4. The maximum absolute atomic E-state index is 12.9. The molecule has 3 heterocycles. The Bertz CT molecular complexity index is 2450. The summed E-state index contributed by atoms with van der Waals surface area (Å²) >= 11 is 3.45. The standard InChI is InChI=1S/C20H15N5O3.C18H13BrN2O3/c26-19(23-17-6-3-9-21-18(17)20(27)28)16-8-7-13(12-25-11-10-22-24-25)14-4-1-2-5-15(14)16;19-10-11-7-8-14(13-5-2-1-4-12(11)13)17(22)21-15-6-3-9-20-16(15)18(23)24/h1-11H,12H2,(H,23,26)(H,27,28);1-9H,10H2,(H,21,22)(H,23,24). The summed E-state index contributed by atoms with van der Waals surface area (Å²) in [5.41, 5.74) is 2.92. The van der Waals surface area contributed by atoms with Crippen LogP contribution in [0.25, 0.3) is 21.5 Å². The lowest BCUT2D eigenvalue weighted by molar-refractivity contribution is 0.0680. The number of fused-ring (bicyclic) bond motifs is 2. The minimum absolute atomic E-state index is 0.149. The second-order valence-corrected chi connectivity index (χ2v) is 11.7. The van der Waals surface area contributed by atoms with Crippen molar-refractivity contribution in [3.05, 3.63) is 155 Å². The molecule has 0 aliphatic rings. The highest BCUT2D eigenvalue weighted by atomic mass is 79.9. The second kappa shape index (κ2) is 15.8. The Morgan fingerprint density at radius 1 is 0.596 bits per heavy atom. The van der Waals surface area contributed by atoms with Gasteiger partial charge in [0.05, 0.1) is 24.1 Å². The van der Waals surface area contributed by atoms with E-state index in [4.69, 9.17) is 0 Å². The van der Waals surface area contributed by atoms with Crippen molar-refractivity contribution < 1.29 is 29.4 Å². The van der Waals surface area contributed by atoms with Gasteiger partial charge in [-0.05, 0) is 69.1 Å². The van der Waals surface area contributed by atoms with Crippen LogP contribution in [-0.2, 0) is 11.9 Å². The van der Waals surface area contributed by atoms with Gasteiger partial charge in [0.25, 0.3) is 11.8 Å². The number of aromatic carboxylic acids is 2. The minimum atomic E-state index is -1.20. The highest BCUT2D eigenvalue weighted by Gasteiger charge is 2.18. The molecule has 0 saturated heterocycles. The Labute approximate surface area is 304 Å². The van der Waals surface area contributed by atoms with Crippen molar-refractivity contribution in [3.8, 4) is 0 Å². The lowest BCUT2D eigenvalue weighted by atomic mass is 9.99. The van der Waals surface area contributed by atoms with E-state index in [0.717, 1.165) is 32.7 Å². The Morgan fingerprint density at radius 3 is 1.54 bits per heavy atom. The van der Waals surface area contributed by atoms with Crippen LogP contribution in [0, 0.1) is 0 Å². The molecule has 4 N–H and O–H groups in total. The van der Waals surface area contributed by atoms with Gasteiger partial charge in [-0.3, -0.25) is 9.59 Å². The number of halogens is 1. The topological polar surface area (TPSA) is 189 Å². The number of carboxylic acids is 2. The third kappa shape index (κ3) is 7.66. The van der Waals surface area contributed by atoms with E-state index in [-0.39, 0.29) is 28.7 Å². The fourth-order valence-electron chi connectivity index (χ4n) is 5.60. The number of anilines is 2. The Balaban J connectivity index is 0.000000181. The average Bonchev–Trinajstić information content (AvgIpc) is 3.68. The quantitative estimate of drug-likeness (QED) is 0.113. The van der Waals surface area contributed by atoms with Crippen molar-refractivity contribution in [1.82, 2.24) is 25.0 Å². The van der Waals surface area contributed by atoms with Gasteiger partial charge in [-0.25, -0.2) is 24.2 Å². The van der Waals surface area contributed by atoms with E-state index in [1.54, 1.807) is 41.3 Å². The summed E-state index contributed by atoms with van der Waals surface area (Å²) in [5.74, 6) is -3.17. The van der Waals surface area contributed by atoms with E-state index in [9.17, 15) is 29.4 Å². The number of amides is 2. The van der Waals surface area contributed by atoms with E-state index in [0.29, 0.717) is 23.0 Å². The molecule has 2 amide bonds. The number of rotatable bonds is 9. The number of nitrogens with one attached hydrogen (secondary N) is 2. The molecule has 0 bridgehead atoms. The first-order valence-corrected chi connectivity index (χ1v) is 16.8. The molecule has 0 aliphatic heterocycles. The maximum atomic E-state index is 12.9. The summed E-state index contributed by atoms with van der Waals surface area (Å²) in [6.07, 6.45) is 6.12. The highest BCUT2D eigenvalue weighted by Crippen LogP contribution is 2.27. The second-order valence-electron chi connectivity index (χ2n) is 11.2. The summed E-state index contributed by atoms with van der Waals surface area (Å²) in [4.78, 5) is 55.7. The smallest absolute Gasteiger partial charge is 0.356 e. The fourth-order valence-corrected chi connectivity index (χ4v) is 6.09. The molecular formula is C38H28BrN7O6. The van der Waals surface area contributed by atoms with Crippen LogP contribution in [0.4, 0.5) is 11.4 Å². The lowest BCUT2D eigenvalue weighted by Crippen LogP contribution is -2.16. The van der Waals surface area contributed by atoms with Crippen LogP contribution in [0.1, 0.15) is 52.8 Å². The van der Waals surface area contributed by atoms with Crippen molar-refractivity contribution in [1.29, 1.82) is 0 Å². The first kappa shape index (κ1) is 35.0. The molecule has 3 aromatic heterocycles. The highest BCUT2D eigenvalue weighted by molar-refractivity contribution is 9.08. The van der Waals surface area contributed by atoms with Gasteiger partial charge in [-0.2, -0.15) is 0 Å². The van der Waals surface area contributed by atoms with Gasteiger partial charge < -0.3 is 20.8 Å². The van der Waals surface area contributed by atoms with Gasteiger partial charge in [0.2, 0.25) is 0 Å². The molecule has 14 heteroatoms. The normalized spacial score (nSPS) is 10.6. The van der Waals surface area contributed by atoms with Crippen LogP contribution in [0.2, 0.25) is 0 Å². The number of hydrogen-bond donors (Lipinski definition) is 4. The zero-order chi connectivity index (χ0) is 36.6. The number of hydrogen-bond acceptors (Lipinski definition) is 8. The molecule has 0 radical (unpaired) electrons. The van der Waals surface area contributed by atoms with E-state index in [1.165, 1.54) is 24.5 Å². The number of alkyl halides is 1. The van der Waals surface area contributed by atoms with Gasteiger partial charge in [0, 0.05) is 35.0 Å². The van der Waals surface area contributed by atoms with Gasteiger partial charge in [0.1, 0.15) is 0 Å². The summed E-state index contributed by atoms with van der Waals surface area (Å²) < 4.78 is 1.70. The number of aromatic nitrogens is 5. The SMILES string of the molecule is O=C(O)c1ncccc1NC(=O)c1ccc(CBr)c2ccccc12.O=C(O)c1ncccc1NC(=O)c1ccc(Cn2ccnn2)c2ccccc12. The summed E-state index contributed by atoms with van der Waals surface area (Å²) in [7, 11) is 0. The largest absolute Gasteiger partial charge is 0.476 e. The molecule has 7 rings (SSSR count). The molecule has 0 spiro atoms. The van der Waals surface area contributed by atoms with Crippen LogP contribution in [-0.4, -0.2) is 58.9 Å². The van der Waals surface area contributed by atoms with Crippen molar-refractivity contribution in [3.63, 3.8) is 0 Å². The molecule has 258 valence electrons. The average molecular weight is 759 g/mol. The van der Waals surface area contributed by atoms with Crippen LogP contribution < -0.4 is 10.6 Å². The van der Waals surface area contributed by atoms with E-state index in [2.05, 4.69) is 46.8 Å². The molecule has 0 atom stereocenters. The fraction of sp³-hybridized carbons (Fsp3) is 0.0526. The van der Waals surface area contributed by atoms with Crippen LogP contribution in [0.15, 0.2) is 122 Å². The zero-order valence-electron chi connectivity index (χ0n) is 27.1. The summed E-state index contributed by atoms with van der Waals surface area (Å²) in [5, 5.41) is 35.7. The molecule has 0 unspecified atom stereocenters. The Kier molecular flexibility index (Phi) is 10.7. The first-order valence-electron chi connectivity index (χ1n) is 15.7. The predicted octanol–water partition coefficient (Wildman–Crippen LogP) is 6.91. The van der Waals surface area contributed by atoms with Crippen LogP contribution >= 0.6 is 15.9 Å². The zero-order valence-corrected chi connectivity index (χ0v) is 28.7. The number of carbonyl (C=O) groups excluding carboxylic acids is 2. The summed E-state index contributed by atoms with van der Waals surface area (Å²) in [6.45, 7) is 0.522. The monoisotopic (exact) mass is 757 g/mol. The van der Waals surface area contributed by atoms with Crippen LogP contribution in [0.3, 0.4) is 0 Å². The van der Waals surface area contributed by atoms with Gasteiger partial charge in [-0.15, -0.1) is 5.10 Å². The Morgan fingerprint density at radius 2 is 1.08 bits per heavy atom. The third-order valence-electron chi connectivity index (χ3n) is 7.98. The predicted molar refractivity (Wildman–Crippen MR) is 198 cm³/mol. The van der Waals surface area contributed by atoms with E-state index in [1.807, 2.05) is 60.7 Å². The minimum Gasteiger partial charge on any atom is -0.476 e. The molecule has 13 nitrogen and oxygen atoms in total. The number of pyridine rings is 2. The van der Waals surface area contributed by atoms with Crippen molar-refractivity contribution >= 4 is 72.6 Å². The molecular weight excluding hydrogens is 730 g/mol. The molecule has 4 aromatic carbocycles. The van der Waals surface area contributed by atoms with Crippen molar-refractivity contribution in [2.45, 2.75) is 11.9 Å². The van der Waals surface area contributed by atoms with Crippen molar-refractivity contribution in [2.75, 3.05) is 10.6 Å². The number of nitrogens with zero attached hydrogens (tertiary/aromatic N) is 5. The van der Waals surface area contributed by atoms with E-state index >= 15 is 0 Å². The van der Waals surface area contributed by atoms with Crippen molar-refractivity contribution in [2.24, 2.45) is 0 Å². The molecule has 0 aliphatic carbocycles. The maximum Gasteiger partial charge on any atom is 0.356 e. The molecule has 0 fully saturated rings. The van der Waals surface area contributed by atoms with E-state index < -0.39 is 17.8 Å². The summed E-state index contributed by atoms with van der Waals surface area (Å²) in [6, 6.07) is 28.5. The van der Waals surface area contributed by atoms with Crippen LogP contribution in [0.5, 0.6) is 0 Å². The number of carboxylic acid groups (broad SMARTS) is 2. The number of benzene rings is 4. The van der Waals surface area contributed by atoms with Gasteiger partial charge in [0.15, 0.2) is 11.4 Å². The Hall–Kier alpha value is -6.80.